The van der Waals surface area contributed by atoms with Crippen LogP contribution in [0.5, 0.6) is 0 Å². The first-order valence-electron chi connectivity index (χ1n) is 10.2. The van der Waals surface area contributed by atoms with Crippen molar-refractivity contribution in [2.24, 2.45) is 0 Å². The van der Waals surface area contributed by atoms with E-state index in [2.05, 4.69) is 5.32 Å². The van der Waals surface area contributed by atoms with Gasteiger partial charge in [0.25, 0.3) is 0 Å². The first-order chi connectivity index (χ1) is 14.8. The number of benzene rings is 2. The van der Waals surface area contributed by atoms with Crippen LogP contribution >= 0.6 is 0 Å². The summed E-state index contributed by atoms with van der Waals surface area (Å²) in [6, 6.07) is 10.2. The molecule has 0 saturated heterocycles. The van der Waals surface area contributed by atoms with Crippen molar-refractivity contribution in [3.8, 4) is 0 Å². The number of rotatable bonds is 4. The number of alkyl halides is 6. The van der Waals surface area contributed by atoms with Gasteiger partial charge in [0.05, 0.1) is 28.7 Å². The van der Waals surface area contributed by atoms with Crippen molar-refractivity contribution in [3.63, 3.8) is 0 Å². The number of halogens is 6. The van der Waals surface area contributed by atoms with E-state index in [-0.39, 0.29) is 11.6 Å². The van der Waals surface area contributed by atoms with E-state index in [1.54, 1.807) is 30.3 Å². The summed E-state index contributed by atoms with van der Waals surface area (Å²) in [5, 5.41) is 12.8. The molecule has 1 atom stereocenters. The van der Waals surface area contributed by atoms with Gasteiger partial charge in [-0.1, -0.05) is 30.3 Å². The maximum atomic E-state index is 13.2. The van der Waals surface area contributed by atoms with E-state index in [0.717, 1.165) is 5.56 Å². The molecule has 3 nitrogen and oxygen atoms in total. The summed E-state index contributed by atoms with van der Waals surface area (Å²) in [6.45, 7) is 1.28. The van der Waals surface area contributed by atoms with E-state index in [0.29, 0.717) is 37.8 Å². The molecule has 174 valence electrons. The van der Waals surface area contributed by atoms with Crippen LogP contribution in [0.2, 0.25) is 0 Å². The average molecular weight is 459 g/mol. The minimum Gasteiger partial charge on any atom is -0.393 e. The lowest BCUT2D eigenvalue weighted by Gasteiger charge is -2.41. The summed E-state index contributed by atoms with van der Waals surface area (Å²) < 4.78 is 79.2. The number of aliphatic hydroxyl groups excluding tert-OH is 1. The van der Waals surface area contributed by atoms with E-state index in [1.807, 2.05) is 0 Å². The summed E-state index contributed by atoms with van der Waals surface area (Å²) in [7, 11) is 0. The molecule has 1 fully saturated rings. The van der Waals surface area contributed by atoms with Crippen LogP contribution in [0.1, 0.15) is 60.8 Å². The number of amides is 1. The molecule has 0 radical (unpaired) electrons. The van der Waals surface area contributed by atoms with Crippen LogP contribution < -0.4 is 5.32 Å². The SMILES string of the molecule is CC(C(=O)N[C@]1(c2ccccc2)CC[C@H](O)CC1)c1cc(C(F)(F)F)cc(C(F)(F)F)c1. The van der Waals surface area contributed by atoms with Crippen molar-refractivity contribution in [2.45, 2.75) is 62.5 Å². The van der Waals surface area contributed by atoms with Gasteiger partial charge in [-0.15, -0.1) is 0 Å². The topological polar surface area (TPSA) is 49.3 Å². The highest BCUT2D eigenvalue weighted by molar-refractivity contribution is 5.84. The van der Waals surface area contributed by atoms with Crippen LogP contribution in [0, 0.1) is 0 Å². The minimum atomic E-state index is -4.99. The molecule has 32 heavy (non-hydrogen) atoms. The van der Waals surface area contributed by atoms with Crippen LogP contribution in [-0.4, -0.2) is 17.1 Å². The van der Waals surface area contributed by atoms with Crippen molar-refractivity contribution < 1.29 is 36.2 Å². The molecule has 0 heterocycles. The molecular weight excluding hydrogens is 436 g/mol. The predicted molar refractivity (Wildman–Crippen MR) is 106 cm³/mol. The molecule has 1 amide bonds. The van der Waals surface area contributed by atoms with Gasteiger partial charge in [-0.25, -0.2) is 0 Å². The Bertz CT molecular complexity index is 915. The second-order valence-electron chi connectivity index (χ2n) is 8.23. The Labute approximate surface area is 181 Å². The molecule has 0 bridgehead atoms. The minimum absolute atomic E-state index is 0.0438. The lowest BCUT2D eigenvalue weighted by Crippen LogP contribution is -2.50. The molecule has 0 aromatic heterocycles. The largest absolute Gasteiger partial charge is 0.416 e. The predicted octanol–water partition coefficient (Wildman–Crippen LogP) is 5.77. The second kappa shape index (κ2) is 8.77. The summed E-state index contributed by atoms with van der Waals surface area (Å²) in [5.41, 5.74) is -3.38. The molecule has 1 unspecified atom stereocenters. The van der Waals surface area contributed by atoms with Crippen molar-refractivity contribution >= 4 is 5.91 Å². The maximum absolute atomic E-state index is 13.2. The van der Waals surface area contributed by atoms with E-state index in [9.17, 15) is 36.2 Å². The lowest BCUT2D eigenvalue weighted by molar-refractivity contribution is -0.143. The summed E-state index contributed by atoms with van der Waals surface area (Å²) in [4.78, 5) is 13.1. The maximum Gasteiger partial charge on any atom is 0.416 e. The second-order valence-corrected chi connectivity index (χ2v) is 8.23. The third-order valence-electron chi connectivity index (χ3n) is 6.00. The molecule has 1 saturated carbocycles. The Kier molecular flexibility index (Phi) is 6.60. The van der Waals surface area contributed by atoms with Crippen LogP contribution in [-0.2, 0) is 22.7 Å². The van der Waals surface area contributed by atoms with Crippen molar-refractivity contribution in [3.05, 3.63) is 70.8 Å². The zero-order chi connectivity index (χ0) is 23.7. The van der Waals surface area contributed by atoms with Gasteiger partial charge in [-0.3, -0.25) is 4.79 Å². The summed E-state index contributed by atoms with van der Waals surface area (Å²) in [6.07, 6.45) is -8.90. The molecule has 0 aliphatic heterocycles. The third-order valence-corrected chi connectivity index (χ3v) is 6.00. The van der Waals surface area contributed by atoms with Crippen molar-refractivity contribution in [1.29, 1.82) is 0 Å². The molecule has 3 rings (SSSR count). The highest BCUT2D eigenvalue weighted by Crippen LogP contribution is 2.40. The Morgan fingerprint density at radius 1 is 0.969 bits per heavy atom. The zero-order valence-corrected chi connectivity index (χ0v) is 17.2. The van der Waals surface area contributed by atoms with E-state index >= 15 is 0 Å². The molecule has 2 N–H and O–H groups in total. The van der Waals surface area contributed by atoms with E-state index in [1.165, 1.54) is 6.92 Å². The van der Waals surface area contributed by atoms with Crippen molar-refractivity contribution in [1.82, 2.24) is 5.32 Å². The first-order valence-corrected chi connectivity index (χ1v) is 10.2. The van der Waals surface area contributed by atoms with Crippen LogP contribution in [0.25, 0.3) is 0 Å². The molecule has 2 aromatic carbocycles. The van der Waals surface area contributed by atoms with Gasteiger partial charge in [0.2, 0.25) is 5.91 Å². The summed E-state index contributed by atoms with van der Waals surface area (Å²) >= 11 is 0. The van der Waals surface area contributed by atoms with Gasteiger partial charge in [0, 0.05) is 0 Å². The number of aliphatic hydroxyl groups is 1. The monoisotopic (exact) mass is 459 g/mol. The fourth-order valence-electron chi connectivity index (χ4n) is 4.06. The number of nitrogens with one attached hydrogen (secondary N) is 1. The van der Waals surface area contributed by atoms with Crippen LogP contribution in [0.3, 0.4) is 0 Å². The molecular formula is C23H23F6NO2. The van der Waals surface area contributed by atoms with E-state index in [4.69, 9.17) is 0 Å². The Morgan fingerprint density at radius 3 is 1.94 bits per heavy atom. The van der Waals surface area contributed by atoms with Gasteiger partial charge < -0.3 is 10.4 Å². The number of carbonyl (C=O) groups is 1. The Hall–Kier alpha value is -2.55. The molecule has 1 aliphatic rings. The molecule has 2 aromatic rings. The fraction of sp³-hybridized carbons (Fsp3) is 0.435. The normalized spacial score (nSPS) is 22.9. The molecule has 1 aliphatic carbocycles. The van der Waals surface area contributed by atoms with Crippen molar-refractivity contribution in [2.75, 3.05) is 0 Å². The van der Waals surface area contributed by atoms with Gasteiger partial charge in [-0.2, -0.15) is 26.3 Å². The standard InChI is InChI=1S/C23H23F6NO2/c1-14(15-11-17(22(24,25)26)13-18(12-15)23(27,28)29)20(32)30-21(9-7-19(31)8-10-21)16-5-3-2-4-6-16/h2-6,11-14,19,31H,7-10H2,1H3,(H,30,32)/t14?,19-,21+. The summed E-state index contributed by atoms with van der Waals surface area (Å²) in [5.74, 6) is -1.94. The smallest absolute Gasteiger partial charge is 0.393 e. The Morgan fingerprint density at radius 2 is 1.47 bits per heavy atom. The number of hydrogen-bond donors (Lipinski definition) is 2. The van der Waals surface area contributed by atoms with Crippen LogP contribution in [0.4, 0.5) is 26.3 Å². The zero-order valence-electron chi connectivity index (χ0n) is 17.2. The molecule has 0 spiro atoms. The van der Waals surface area contributed by atoms with E-state index < -0.39 is 46.9 Å². The highest BCUT2D eigenvalue weighted by Gasteiger charge is 2.40. The van der Waals surface area contributed by atoms with Gasteiger partial charge in [0.15, 0.2) is 0 Å². The van der Waals surface area contributed by atoms with Gasteiger partial charge in [-0.05, 0) is 61.9 Å². The number of hydrogen-bond acceptors (Lipinski definition) is 2. The van der Waals surface area contributed by atoms with Crippen LogP contribution in [0.15, 0.2) is 48.5 Å². The Balaban J connectivity index is 1.95. The van der Waals surface area contributed by atoms with Gasteiger partial charge in [0.1, 0.15) is 0 Å². The lowest BCUT2D eigenvalue weighted by atomic mass is 9.75. The third kappa shape index (κ3) is 5.26. The highest BCUT2D eigenvalue weighted by atomic mass is 19.4. The fourth-order valence-corrected chi connectivity index (χ4v) is 4.06. The molecule has 9 heteroatoms. The average Bonchev–Trinajstić information content (AvgIpc) is 2.74. The quantitative estimate of drug-likeness (QED) is 0.570. The first kappa shape index (κ1) is 24.1. The number of carbonyl (C=O) groups excluding carboxylic acids is 1. The van der Waals surface area contributed by atoms with Gasteiger partial charge >= 0.3 is 12.4 Å².